The summed E-state index contributed by atoms with van der Waals surface area (Å²) in [4.78, 5) is 4.82. The van der Waals surface area contributed by atoms with Gasteiger partial charge in [-0.25, -0.2) is 0 Å². The zero-order valence-corrected chi connectivity index (χ0v) is 14.7. The van der Waals surface area contributed by atoms with Gasteiger partial charge in [0.2, 0.25) is 0 Å². The van der Waals surface area contributed by atoms with Crippen molar-refractivity contribution in [1.82, 2.24) is 9.47 Å². The number of nitrogens with two attached hydrogens (primary N) is 1. The van der Waals surface area contributed by atoms with E-state index in [1.165, 1.54) is 22.3 Å². The molecule has 1 aliphatic rings. The molecule has 3 N–H and O–H groups in total. The van der Waals surface area contributed by atoms with Gasteiger partial charge in [0.05, 0.1) is 6.61 Å². The number of fused-ring (bicyclic) bond motifs is 1. The van der Waals surface area contributed by atoms with Crippen molar-refractivity contribution >= 4 is 29.1 Å². The Morgan fingerprint density at radius 3 is 2.43 bits per heavy atom. The first-order valence-corrected chi connectivity index (χ1v) is 7.98. The molecule has 1 fully saturated rings. The topological polar surface area (TPSA) is 57.7 Å². The van der Waals surface area contributed by atoms with E-state index < -0.39 is 0 Å². The highest BCUT2D eigenvalue weighted by Gasteiger charge is 2.23. The lowest BCUT2D eigenvalue weighted by Gasteiger charge is -2.35. The number of para-hydroxylation sites is 1. The second kappa shape index (κ2) is 7.53. The largest absolute Gasteiger partial charge is 0.395 e. The first-order chi connectivity index (χ1) is 10.6. The third kappa shape index (κ3) is 3.48. The van der Waals surface area contributed by atoms with Gasteiger partial charge in [-0.3, -0.25) is 0 Å². The van der Waals surface area contributed by atoms with Crippen molar-refractivity contribution < 1.29 is 5.11 Å². The number of aliphatic hydroxyl groups is 1. The molecule has 1 aromatic heterocycles. The van der Waals surface area contributed by atoms with Crippen molar-refractivity contribution in [2.45, 2.75) is 12.5 Å². The van der Waals surface area contributed by atoms with Gasteiger partial charge in [0.15, 0.2) is 0 Å². The predicted octanol–water partition coefficient (Wildman–Crippen LogP) is 1.21. The van der Waals surface area contributed by atoms with E-state index in [1.54, 1.807) is 0 Å². The van der Waals surface area contributed by atoms with E-state index in [0.717, 1.165) is 26.2 Å². The Balaban J connectivity index is 0.00000192. The Bertz CT molecular complexity index is 649. The molecular weight excluding hydrogens is 312 g/mol. The molecule has 23 heavy (non-hydrogen) atoms. The maximum absolute atomic E-state index is 9.36. The molecule has 1 aliphatic heterocycles. The average molecular weight is 339 g/mol. The van der Waals surface area contributed by atoms with Crippen LogP contribution in [0.2, 0.25) is 0 Å². The zero-order chi connectivity index (χ0) is 15.7. The molecule has 0 saturated carbocycles. The molecule has 1 saturated heterocycles. The molecule has 2 aromatic rings. The summed E-state index contributed by atoms with van der Waals surface area (Å²) in [6, 6.07) is 8.25. The molecular formula is C17H27ClN4O. The van der Waals surface area contributed by atoms with Crippen LogP contribution in [0.4, 0.5) is 5.82 Å². The lowest BCUT2D eigenvalue weighted by Crippen LogP contribution is -2.45. The molecule has 0 radical (unpaired) electrons. The summed E-state index contributed by atoms with van der Waals surface area (Å²) in [5, 5.41) is 10.6. The Morgan fingerprint density at radius 1 is 1.13 bits per heavy atom. The Labute approximate surface area is 144 Å². The molecule has 5 nitrogen and oxygen atoms in total. The number of benzene rings is 1. The molecule has 0 amide bonds. The number of aromatic nitrogens is 1. The molecule has 3 rings (SSSR count). The second-order valence-corrected chi connectivity index (χ2v) is 6.32. The van der Waals surface area contributed by atoms with E-state index >= 15 is 0 Å². The molecule has 1 atom stereocenters. The smallest absolute Gasteiger partial charge is 0.112 e. The van der Waals surface area contributed by atoms with Gasteiger partial charge in [-0.1, -0.05) is 18.2 Å². The third-order valence-electron chi connectivity index (χ3n) is 4.68. The van der Waals surface area contributed by atoms with Crippen LogP contribution in [0.1, 0.15) is 5.56 Å². The van der Waals surface area contributed by atoms with Crippen LogP contribution in [0.5, 0.6) is 0 Å². The quantitative estimate of drug-likeness (QED) is 0.880. The summed E-state index contributed by atoms with van der Waals surface area (Å²) < 4.78 is 2.28. The van der Waals surface area contributed by atoms with Crippen LogP contribution in [-0.4, -0.2) is 60.4 Å². The summed E-state index contributed by atoms with van der Waals surface area (Å²) in [6.07, 6.45) is 0.708. The van der Waals surface area contributed by atoms with Crippen LogP contribution in [0, 0.1) is 0 Å². The van der Waals surface area contributed by atoms with Gasteiger partial charge in [0, 0.05) is 55.7 Å². The van der Waals surface area contributed by atoms with Gasteiger partial charge in [0.1, 0.15) is 5.82 Å². The molecule has 128 valence electrons. The van der Waals surface area contributed by atoms with Crippen LogP contribution >= 0.6 is 12.4 Å². The number of hydrogen-bond acceptors (Lipinski definition) is 4. The maximum atomic E-state index is 9.36. The number of rotatable bonds is 4. The minimum atomic E-state index is -0.211. The van der Waals surface area contributed by atoms with Crippen LogP contribution < -0.4 is 10.6 Å². The number of nitrogens with zero attached hydrogens (tertiary/aromatic N) is 3. The summed E-state index contributed by atoms with van der Waals surface area (Å²) in [5.41, 5.74) is 8.54. The lowest BCUT2D eigenvalue weighted by atomic mass is 10.0. The van der Waals surface area contributed by atoms with Crippen molar-refractivity contribution in [3.8, 4) is 0 Å². The highest BCUT2D eigenvalue weighted by molar-refractivity contribution is 5.90. The Kier molecular flexibility index (Phi) is 5.92. The summed E-state index contributed by atoms with van der Waals surface area (Å²) >= 11 is 0. The standard InChI is InChI=1S/C17H26N4O.ClH/c1-19-7-9-21(10-8-19)17-15(11-13(18)12-22)14-5-3-4-6-16(14)20(17)2;/h3-6,13,22H,7-12,18H2,1-2H3;1H. The van der Waals surface area contributed by atoms with Gasteiger partial charge >= 0.3 is 0 Å². The van der Waals surface area contributed by atoms with Gasteiger partial charge in [-0.15, -0.1) is 12.4 Å². The minimum Gasteiger partial charge on any atom is -0.395 e. The minimum absolute atomic E-state index is 0. The highest BCUT2D eigenvalue weighted by atomic mass is 35.5. The molecule has 1 unspecified atom stereocenters. The van der Waals surface area contributed by atoms with Gasteiger partial charge < -0.3 is 25.2 Å². The molecule has 0 spiro atoms. The SMILES string of the molecule is CN1CCN(c2c(CC(N)CO)c3ccccc3n2C)CC1.Cl. The fourth-order valence-corrected chi connectivity index (χ4v) is 3.41. The second-order valence-electron chi connectivity index (χ2n) is 6.32. The molecule has 6 heteroatoms. The van der Waals surface area contributed by atoms with E-state index in [9.17, 15) is 5.11 Å². The van der Waals surface area contributed by atoms with Crippen LogP contribution in [0.3, 0.4) is 0 Å². The predicted molar refractivity (Wildman–Crippen MR) is 98.6 cm³/mol. The fourth-order valence-electron chi connectivity index (χ4n) is 3.41. The Hall–Kier alpha value is -1.27. The van der Waals surface area contributed by atoms with Gasteiger partial charge in [0.25, 0.3) is 0 Å². The highest BCUT2D eigenvalue weighted by Crippen LogP contribution is 2.33. The lowest BCUT2D eigenvalue weighted by molar-refractivity contribution is 0.265. The number of piperazine rings is 1. The van der Waals surface area contributed by atoms with Crippen LogP contribution in [-0.2, 0) is 13.5 Å². The monoisotopic (exact) mass is 338 g/mol. The summed E-state index contributed by atoms with van der Waals surface area (Å²) in [6.45, 7) is 4.23. The number of halogens is 1. The fraction of sp³-hybridized carbons (Fsp3) is 0.529. The average Bonchev–Trinajstić information content (AvgIpc) is 2.81. The van der Waals surface area contributed by atoms with Crippen molar-refractivity contribution in [2.24, 2.45) is 12.8 Å². The van der Waals surface area contributed by atoms with Crippen molar-refractivity contribution in [3.05, 3.63) is 29.8 Å². The number of aliphatic hydroxyl groups excluding tert-OH is 1. The first kappa shape index (κ1) is 18.1. The van der Waals surface area contributed by atoms with Crippen LogP contribution in [0.25, 0.3) is 10.9 Å². The summed E-state index contributed by atoms with van der Waals surface area (Å²) in [7, 11) is 4.30. The van der Waals surface area contributed by atoms with E-state index in [-0.39, 0.29) is 25.1 Å². The van der Waals surface area contributed by atoms with E-state index in [2.05, 4.69) is 52.7 Å². The molecule has 1 aromatic carbocycles. The molecule has 0 aliphatic carbocycles. The van der Waals surface area contributed by atoms with Gasteiger partial charge in [-0.05, 0) is 19.5 Å². The molecule has 2 heterocycles. The van der Waals surface area contributed by atoms with E-state index in [1.807, 2.05) is 0 Å². The van der Waals surface area contributed by atoms with Gasteiger partial charge in [-0.2, -0.15) is 0 Å². The van der Waals surface area contributed by atoms with Crippen molar-refractivity contribution in [3.63, 3.8) is 0 Å². The number of likely N-dealkylation sites (N-methyl/N-ethyl adjacent to an activating group) is 1. The van der Waals surface area contributed by atoms with Crippen LogP contribution in [0.15, 0.2) is 24.3 Å². The number of hydrogen-bond donors (Lipinski definition) is 2. The first-order valence-electron chi connectivity index (χ1n) is 7.98. The van der Waals surface area contributed by atoms with Crippen molar-refractivity contribution in [1.29, 1.82) is 0 Å². The summed E-state index contributed by atoms with van der Waals surface area (Å²) in [5.74, 6) is 1.26. The third-order valence-corrected chi connectivity index (χ3v) is 4.68. The van der Waals surface area contributed by atoms with E-state index in [0.29, 0.717) is 6.42 Å². The van der Waals surface area contributed by atoms with Crippen molar-refractivity contribution in [2.75, 3.05) is 44.7 Å². The normalized spacial score (nSPS) is 17.3. The number of anilines is 1. The number of aryl methyl sites for hydroxylation is 1. The molecule has 0 bridgehead atoms. The maximum Gasteiger partial charge on any atom is 0.112 e. The van der Waals surface area contributed by atoms with E-state index in [4.69, 9.17) is 5.73 Å². The zero-order valence-electron chi connectivity index (χ0n) is 13.9. The Morgan fingerprint density at radius 2 is 1.78 bits per heavy atom.